The van der Waals surface area contributed by atoms with Gasteiger partial charge in [-0.05, 0) is 29.3 Å². The van der Waals surface area contributed by atoms with E-state index in [9.17, 15) is 8.42 Å². The number of hydrogen-bond donors (Lipinski definition) is 1. The molecule has 0 aliphatic carbocycles. The third-order valence-corrected chi connectivity index (χ3v) is 6.18. The second-order valence-corrected chi connectivity index (χ2v) is 8.40. The Hall–Kier alpha value is -3.42. The zero-order valence-electron chi connectivity index (χ0n) is 16.4. The van der Waals surface area contributed by atoms with E-state index in [2.05, 4.69) is 9.71 Å². The van der Waals surface area contributed by atoms with E-state index < -0.39 is 10.0 Å². The van der Waals surface area contributed by atoms with Crippen molar-refractivity contribution in [3.8, 4) is 22.6 Å². The fourth-order valence-electron chi connectivity index (χ4n) is 3.25. The van der Waals surface area contributed by atoms with Crippen LogP contribution in [0.5, 0.6) is 5.75 Å². The number of para-hydroxylation sites is 1. The zero-order valence-corrected chi connectivity index (χ0v) is 17.2. The summed E-state index contributed by atoms with van der Waals surface area (Å²) in [7, 11) is -2.33. The lowest BCUT2D eigenvalue weighted by atomic mass is 10.0. The first-order valence-corrected chi connectivity index (χ1v) is 10.9. The molecule has 0 bridgehead atoms. The normalized spacial score (nSPS) is 11.4. The first kappa shape index (κ1) is 19.9. The molecule has 30 heavy (non-hydrogen) atoms. The molecule has 4 rings (SSSR count). The molecule has 0 aliphatic heterocycles. The van der Waals surface area contributed by atoms with Crippen LogP contribution < -0.4 is 9.46 Å². The number of hydrogen-bond acceptors (Lipinski definition) is 4. The average Bonchev–Trinajstić information content (AvgIpc) is 3.33. The molecule has 0 amide bonds. The maximum atomic E-state index is 13.1. The number of methoxy groups -OCH3 is 1. The van der Waals surface area contributed by atoms with Crippen LogP contribution in [0.4, 0.5) is 0 Å². The largest absolute Gasteiger partial charge is 0.495 e. The molecule has 7 heteroatoms. The molecule has 0 saturated carbocycles. The highest BCUT2D eigenvalue weighted by Gasteiger charge is 2.21. The van der Waals surface area contributed by atoms with E-state index in [1.165, 1.54) is 7.11 Å². The minimum atomic E-state index is -3.79. The SMILES string of the molecule is COc1ccc(-c2ccccc2-n2ccnc2)cc1S(=O)(=O)NCc1ccccc1. The number of imidazole rings is 1. The molecule has 152 valence electrons. The molecule has 1 aromatic heterocycles. The molecule has 0 fully saturated rings. The first-order valence-electron chi connectivity index (χ1n) is 9.38. The third-order valence-electron chi connectivity index (χ3n) is 4.76. The summed E-state index contributed by atoms with van der Waals surface area (Å²) in [6.45, 7) is 0.197. The van der Waals surface area contributed by atoms with Crippen molar-refractivity contribution in [2.45, 2.75) is 11.4 Å². The van der Waals surface area contributed by atoms with Crippen molar-refractivity contribution in [1.82, 2.24) is 14.3 Å². The molecule has 0 unspecified atom stereocenters. The van der Waals surface area contributed by atoms with Crippen molar-refractivity contribution in [2.75, 3.05) is 7.11 Å². The first-order chi connectivity index (χ1) is 14.6. The monoisotopic (exact) mass is 419 g/mol. The van der Waals surface area contributed by atoms with Gasteiger partial charge in [-0.2, -0.15) is 0 Å². The molecule has 1 N–H and O–H groups in total. The number of benzene rings is 3. The lowest BCUT2D eigenvalue weighted by Crippen LogP contribution is -2.23. The van der Waals surface area contributed by atoms with Crippen molar-refractivity contribution in [3.05, 3.63) is 97.1 Å². The van der Waals surface area contributed by atoms with E-state index in [-0.39, 0.29) is 11.4 Å². The number of sulfonamides is 1. The van der Waals surface area contributed by atoms with Crippen molar-refractivity contribution >= 4 is 10.0 Å². The summed E-state index contributed by atoms with van der Waals surface area (Å²) in [5.74, 6) is 0.291. The van der Waals surface area contributed by atoms with Gasteiger partial charge in [0, 0.05) is 24.5 Å². The number of nitrogens with zero attached hydrogens (tertiary/aromatic N) is 2. The number of aromatic nitrogens is 2. The Balaban J connectivity index is 1.73. The molecule has 0 radical (unpaired) electrons. The van der Waals surface area contributed by atoms with Crippen LogP contribution in [-0.4, -0.2) is 25.1 Å². The van der Waals surface area contributed by atoms with E-state index >= 15 is 0 Å². The van der Waals surface area contributed by atoms with Crippen molar-refractivity contribution in [1.29, 1.82) is 0 Å². The van der Waals surface area contributed by atoms with Gasteiger partial charge in [-0.15, -0.1) is 0 Å². The topological polar surface area (TPSA) is 73.2 Å². The second-order valence-electron chi connectivity index (χ2n) is 6.66. The van der Waals surface area contributed by atoms with Gasteiger partial charge >= 0.3 is 0 Å². The van der Waals surface area contributed by atoms with Gasteiger partial charge in [0.1, 0.15) is 10.6 Å². The lowest BCUT2D eigenvalue weighted by Gasteiger charge is -2.15. The average molecular weight is 420 g/mol. The maximum Gasteiger partial charge on any atom is 0.244 e. The van der Waals surface area contributed by atoms with Crippen LogP contribution in [0.25, 0.3) is 16.8 Å². The van der Waals surface area contributed by atoms with Crippen LogP contribution in [0.2, 0.25) is 0 Å². The van der Waals surface area contributed by atoms with Crippen molar-refractivity contribution in [3.63, 3.8) is 0 Å². The van der Waals surface area contributed by atoms with Gasteiger partial charge in [-0.1, -0.05) is 54.6 Å². The molecule has 0 aliphatic rings. The molecule has 0 spiro atoms. The summed E-state index contributed by atoms with van der Waals surface area (Å²) in [4.78, 5) is 4.20. The molecule has 0 saturated heterocycles. The Morgan fingerprint density at radius 2 is 1.77 bits per heavy atom. The fraction of sp³-hybridized carbons (Fsp3) is 0.0870. The third kappa shape index (κ3) is 4.12. The second kappa shape index (κ2) is 8.52. The molecule has 0 atom stereocenters. The Morgan fingerprint density at radius 1 is 1.00 bits per heavy atom. The smallest absolute Gasteiger partial charge is 0.244 e. The van der Waals surface area contributed by atoms with Crippen LogP contribution >= 0.6 is 0 Å². The summed E-state index contributed by atoms with van der Waals surface area (Å²) in [5.41, 5.74) is 3.43. The summed E-state index contributed by atoms with van der Waals surface area (Å²) in [5, 5.41) is 0. The predicted octanol–water partition coefficient (Wildman–Crippen LogP) is 4.03. The molecular formula is C23H21N3O3S. The van der Waals surface area contributed by atoms with Crippen molar-refractivity contribution in [2.24, 2.45) is 0 Å². The lowest BCUT2D eigenvalue weighted by molar-refractivity contribution is 0.402. The van der Waals surface area contributed by atoms with Gasteiger partial charge in [0.15, 0.2) is 0 Å². The van der Waals surface area contributed by atoms with E-state index in [0.717, 1.165) is 22.4 Å². The molecule has 6 nitrogen and oxygen atoms in total. The molecular weight excluding hydrogens is 398 g/mol. The van der Waals surface area contributed by atoms with E-state index in [1.807, 2.05) is 71.4 Å². The van der Waals surface area contributed by atoms with Crippen LogP contribution in [0.1, 0.15) is 5.56 Å². The predicted molar refractivity (Wildman–Crippen MR) is 116 cm³/mol. The van der Waals surface area contributed by atoms with Crippen LogP contribution in [-0.2, 0) is 16.6 Å². The highest BCUT2D eigenvalue weighted by Crippen LogP contribution is 2.33. The number of nitrogens with one attached hydrogen (secondary N) is 1. The Morgan fingerprint density at radius 3 is 2.50 bits per heavy atom. The van der Waals surface area contributed by atoms with E-state index in [1.54, 1.807) is 24.7 Å². The van der Waals surface area contributed by atoms with E-state index in [4.69, 9.17) is 4.74 Å². The van der Waals surface area contributed by atoms with Crippen molar-refractivity contribution < 1.29 is 13.2 Å². The minimum absolute atomic E-state index is 0.0962. The number of rotatable bonds is 7. The molecule has 1 heterocycles. The zero-order chi connectivity index (χ0) is 21.0. The summed E-state index contributed by atoms with van der Waals surface area (Å²) in [6.07, 6.45) is 5.26. The van der Waals surface area contributed by atoms with Gasteiger partial charge in [0.2, 0.25) is 10.0 Å². The highest BCUT2D eigenvalue weighted by molar-refractivity contribution is 7.89. The van der Waals surface area contributed by atoms with Gasteiger partial charge in [0.25, 0.3) is 0 Å². The van der Waals surface area contributed by atoms with Gasteiger partial charge in [-0.3, -0.25) is 0 Å². The fourth-order valence-corrected chi connectivity index (χ4v) is 4.46. The van der Waals surface area contributed by atoms with Gasteiger partial charge in [0.05, 0.1) is 19.1 Å². The maximum absolute atomic E-state index is 13.1. The Labute approximate surface area is 175 Å². The minimum Gasteiger partial charge on any atom is -0.495 e. The Kier molecular flexibility index (Phi) is 5.65. The standard InChI is InChI=1S/C23H21N3O3S/c1-29-22-12-11-19(20-9-5-6-10-21(20)26-14-13-24-17-26)15-23(22)30(27,28)25-16-18-7-3-2-4-8-18/h2-15,17,25H,16H2,1H3. The summed E-state index contributed by atoms with van der Waals surface area (Å²) in [6, 6.07) is 22.3. The summed E-state index contributed by atoms with van der Waals surface area (Å²) >= 11 is 0. The quantitative estimate of drug-likeness (QED) is 0.491. The number of ether oxygens (including phenoxy) is 1. The van der Waals surface area contributed by atoms with Crippen LogP contribution in [0.15, 0.2) is 96.4 Å². The Bertz CT molecular complexity index is 1240. The molecule has 4 aromatic rings. The van der Waals surface area contributed by atoms with Crippen LogP contribution in [0, 0.1) is 0 Å². The van der Waals surface area contributed by atoms with E-state index in [0.29, 0.717) is 5.75 Å². The van der Waals surface area contributed by atoms with Crippen LogP contribution in [0.3, 0.4) is 0 Å². The van der Waals surface area contributed by atoms with Gasteiger partial charge in [-0.25, -0.2) is 18.1 Å². The highest BCUT2D eigenvalue weighted by atomic mass is 32.2. The summed E-state index contributed by atoms with van der Waals surface area (Å²) < 4.78 is 36.0. The van der Waals surface area contributed by atoms with Gasteiger partial charge < -0.3 is 9.30 Å². The molecule has 3 aromatic carbocycles.